The molecule has 0 aliphatic carbocycles. The third kappa shape index (κ3) is 2.63. The number of fused-ring (bicyclic) bond motifs is 1. The van der Waals surface area contributed by atoms with Gasteiger partial charge in [0.05, 0.1) is 13.7 Å². The predicted octanol–water partition coefficient (Wildman–Crippen LogP) is 3.61. The first-order valence-corrected chi connectivity index (χ1v) is 7.36. The lowest BCUT2D eigenvalue weighted by atomic mass is 9.98. The fourth-order valence-corrected chi connectivity index (χ4v) is 3.06. The summed E-state index contributed by atoms with van der Waals surface area (Å²) >= 11 is 3.43. The van der Waals surface area contributed by atoms with Gasteiger partial charge in [0.25, 0.3) is 0 Å². The monoisotopic (exact) mass is 352 g/mol. The zero-order valence-corrected chi connectivity index (χ0v) is 13.0. The number of benzene rings is 2. The molecule has 1 N–H and O–H groups in total. The highest BCUT2D eigenvalue weighted by Gasteiger charge is 2.23. The molecule has 0 radical (unpaired) electrons. The minimum atomic E-state index is -0.949. The van der Waals surface area contributed by atoms with Crippen molar-refractivity contribution in [2.45, 2.75) is 12.5 Å². The quantitative estimate of drug-likeness (QED) is 0.916. The number of rotatable bonds is 3. The summed E-state index contributed by atoms with van der Waals surface area (Å²) in [4.78, 5) is 0. The fourth-order valence-electron chi connectivity index (χ4n) is 2.53. The molecule has 1 atom stereocenters. The lowest BCUT2D eigenvalue weighted by Crippen LogP contribution is -2.03. The van der Waals surface area contributed by atoms with E-state index >= 15 is 0 Å². The molecule has 0 bridgehead atoms. The predicted molar refractivity (Wildman–Crippen MR) is 80.4 cm³/mol. The molecule has 1 heterocycles. The van der Waals surface area contributed by atoms with Crippen molar-refractivity contribution in [3.8, 4) is 11.5 Å². The third-order valence-electron chi connectivity index (χ3n) is 3.56. The van der Waals surface area contributed by atoms with Crippen LogP contribution in [0, 0.1) is 5.82 Å². The zero-order valence-electron chi connectivity index (χ0n) is 11.4. The van der Waals surface area contributed by atoms with Gasteiger partial charge in [-0.1, -0.05) is 22.0 Å². The SMILES string of the molecule is COc1ccc(C(O)c2cc(Br)cc3c2OCC3)cc1F. The van der Waals surface area contributed by atoms with E-state index in [0.717, 1.165) is 16.5 Å². The highest BCUT2D eigenvalue weighted by molar-refractivity contribution is 9.10. The molecule has 21 heavy (non-hydrogen) atoms. The molecule has 0 amide bonds. The van der Waals surface area contributed by atoms with Crippen molar-refractivity contribution in [3.63, 3.8) is 0 Å². The van der Waals surface area contributed by atoms with Crippen molar-refractivity contribution in [3.05, 3.63) is 57.3 Å². The van der Waals surface area contributed by atoms with Gasteiger partial charge in [-0.05, 0) is 35.4 Å². The van der Waals surface area contributed by atoms with Gasteiger partial charge in [-0.25, -0.2) is 4.39 Å². The van der Waals surface area contributed by atoms with Crippen molar-refractivity contribution >= 4 is 15.9 Å². The van der Waals surface area contributed by atoms with E-state index in [0.29, 0.717) is 23.5 Å². The van der Waals surface area contributed by atoms with Crippen molar-refractivity contribution in [2.24, 2.45) is 0 Å². The van der Waals surface area contributed by atoms with Crippen molar-refractivity contribution in [1.82, 2.24) is 0 Å². The third-order valence-corrected chi connectivity index (χ3v) is 4.02. The Bertz CT molecular complexity index is 687. The Labute approximate surface area is 130 Å². The summed E-state index contributed by atoms with van der Waals surface area (Å²) in [5, 5.41) is 10.6. The molecular formula is C16H14BrFO3. The van der Waals surface area contributed by atoms with Crippen LogP contribution >= 0.6 is 15.9 Å². The van der Waals surface area contributed by atoms with Crippen molar-refractivity contribution < 1.29 is 19.0 Å². The molecule has 1 unspecified atom stereocenters. The van der Waals surface area contributed by atoms with Gasteiger partial charge < -0.3 is 14.6 Å². The van der Waals surface area contributed by atoms with Gasteiger partial charge in [0.15, 0.2) is 11.6 Å². The van der Waals surface area contributed by atoms with Gasteiger partial charge in [0.2, 0.25) is 0 Å². The van der Waals surface area contributed by atoms with E-state index in [4.69, 9.17) is 9.47 Å². The van der Waals surface area contributed by atoms with Crippen LogP contribution in [0.3, 0.4) is 0 Å². The number of methoxy groups -OCH3 is 1. The first-order chi connectivity index (χ1) is 10.1. The summed E-state index contributed by atoms with van der Waals surface area (Å²) in [6, 6.07) is 8.22. The Morgan fingerprint density at radius 2 is 2.14 bits per heavy atom. The van der Waals surface area contributed by atoms with Crippen molar-refractivity contribution in [1.29, 1.82) is 0 Å². The normalized spacial score (nSPS) is 14.5. The molecular weight excluding hydrogens is 339 g/mol. The van der Waals surface area contributed by atoms with E-state index in [1.54, 1.807) is 12.1 Å². The molecule has 3 nitrogen and oxygen atoms in total. The average molecular weight is 353 g/mol. The summed E-state index contributed by atoms with van der Waals surface area (Å²) in [6.07, 6.45) is -0.138. The minimum Gasteiger partial charge on any atom is -0.494 e. The Morgan fingerprint density at radius 1 is 1.33 bits per heavy atom. The van der Waals surface area contributed by atoms with Gasteiger partial charge in [-0.2, -0.15) is 0 Å². The number of aliphatic hydroxyl groups is 1. The molecule has 110 valence electrons. The number of hydrogen-bond acceptors (Lipinski definition) is 3. The van der Waals surface area contributed by atoms with Gasteiger partial charge in [0, 0.05) is 16.5 Å². The number of aliphatic hydroxyl groups excluding tert-OH is 1. The average Bonchev–Trinajstić information content (AvgIpc) is 2.93. The van der Waals surface area contributed by atoms with Crippen LogP contribution in [0.1, 0.15) is 22.8 Å². The summed E-state index contributed by atoms with van der Waals surface area (Å²) in [7, 11) is 1.41. The van der Waals surface area contributed by atoms with E-state index in [-0.39, 0.29) is 5.75 Å². The summed E-state index contributed by atoms with van der Waals surface area (Å²) < 4.78 is 25.2. The standard InChI is InChI=1S/C16H14BrFO3/c1-20-14-3-2-9(7-13(14)18)15(19)12-8-11(17)6-10-4-5-21-16(10)12/h2-3,6-8,15,19H,4-5H2,1H3. The second-order valence-corrected chi connectivity index (χ2v) is 5.79. The second kappa shape index (κ2) is 5.66. The first-order valence-electron chi connectivity index (χ1n) is 6.56. The van der Waals surface area contributed by atoms with Gasteiger partial charge in [-0.15, -0.1) is 0 Å². The summed E-state index contributed by atoms with van der Waals surface area (Å²) in [5.74, 6) is 0.352. The maximum absolute atomic E-state index is 13.8. The number of halogens is 2. The summed E-state index contributed by atoms with van der Waals surface area (Å²) in [5.41, 5.74) is 2.15. The van der Waals surface area contributed by atoms with E-state index in [9.17, 15) is 9.50 Å². The Hall–Kier alpha value is -1.59. The van der Waals surface area contributed by atoms with E-state index < -0.39 is 11.9 Å². The molecule has 0 spiro atoms. The minimum absolute atomic E-state index is 0.154. The molecule has 5 heteroatoms. The molecule has 1 aliphatic rings. The van der Waals surface area contributed by atoms with Crippen molar-refractivity contribution in [2.75, 3.05) is 13.7 Å². The molecule has 3 rings (SSSR count). The second-order valence-electron chi connectivity index (χ2n) is 4.88. The van der Waals surface area contributed by atoms with Crippen LogP contribution in [0.2, 0.25) is 0 Å². The van der Waals surface area contributed by atoms with E-state index in [1.165, 1.54) is 19.2 Å². The van der Waals surface area contributed by atoms with Gasteiger partial charge in [0.1, 0.15) is 11.9 Å². The highest BCUT2D eigenvalue weighted by Crippen LogP contribution is 2.39. The topological polar surface area (TPSA) is 38.7 Å². The van der Waals surface area contributed by atoms with Crippen LogP contribution < -0.4 is 9.47 Å². The molecule has 1 aliphatic heterocycles. The first kappa shape index (κ1) is 14.4. The smallest absolute Gasteiger partial charge is 0.165 e. The maximum Gasteiger partial charge on any atom is 0.165 e. The molecule has 2 aromatic carbocycles. The molecule has 0 aromatic heterocycles. The molecule has 0 saturated carbocycles. The van der Waals surface area contributed by atoms with Gasteiger partial charge >= 0.3 is 0 Å². The van der Waals surface area contributed by atoms with Crippen LogP contribution in [0.4, 0.5) is 4.39 Å². The summed E-state index contributed by atoms with van der Waals surface area (Å²) in [6.45, 7) is 0.600. The molecule has 0 fully saturated rings. The van der Waals surface area contributed by atoms with Crippen LogP contribution in [0.15, 0.2) is 34.8 Å². The molecule has 0 saturated heterocycles. The lowest BCUT2D eigenvalue weighted by Gasteiger charge is -2.16. The van der Waals surface area contributed by atoms with Crippen LogP contribution in [0.5, 0.6) is 11.5 Å². The lowest BCUT2D eigenvalue weighted by molar-refractivity contribution is 0.213. The Morgan fingerprint density at radius 3 is 2.86 bits per heavy atom. The van der Waals surface area contributed by atoms with Crippen LogP contribution in [-0.4, -0.2) is 18.8 Å². The van der Waals surface area contributed by atoms with Crippen LogP contribution in [-0.2, 0) is 6.42 Å². The zero-order chi connectivity index (χ0) is 15.0. The molecule has 2 aromatic rings. The number of hydrogen-bond donors (Lipinski definition) is 1. The number of ether oxygens (including phenoxy) is 2. The van der Waals surface area contributed by atoms with Gasteiger partial charge in [-0.3, -0.25) is 0 Å². The Kier molecular flexibility index (Phi) is 3.87. The Balaban J connectivity index is 2.03. The van der Waals surface area contributed by atoms with Crippen LogP contribution in [0.25, 0.3) is 0 Å². The highest BCUT2D eigenvalue weighted by atomic mass is 79.9. The van der Waals surface area contributed by atoms with E-state index in [2.05, 4.69) is 15.9 Å². The fraction of sp³-hybridized carbons (Fsp3) is 0.250. The largest absolute Gasteiger partial charge is 0.494 e. The van der Waals surface area contributed by atoms with E-state index in [1.807, 2.05) is 6.07 Å². The maximum atomic E-state index is 13.8.